The number of carbonyl (C=O) groups is 2. The third-order valence-electron chi connectivity index (χ3n) is 5.34. The predicted octanol–water partition coefficient (Wildman–Crippen LogP) is 3.15. The summed E-state index contributed by atoms with van der Waals surface area (Å²) in [5.74, 6) is -0.189. The third-order valence-corrected chi connectivity index (χ3v) is 5.34. The molecule has 5 nitrogen and oxygen atoms in total. The lowest BCUT2D eigenvalue weighted by Gasteiger charge is -2.33. The average Bonchev–Trinajstić information content (AvgIpc) is 3.03. The maximum Gasteiger partial charge on any atom is 0.341 e. The Balaban J connectivity index is 2.05. The quantitative estimate of drug-likeness (QED) is 0.741. The molecule has 128 valence electrons. The van der Waals surface area contributed by atoms with Crippen LogP contribution in [0, 0.1) is 5.41 Å². The summed E-state index contributed by atoms with van der Waals surface area (Å²) in [6.45, 7) is 9.10. The summed E-state index contributed by atoms with van der Waals surface area (Å²) >= 11 is 0. The van der Waals surface area contributed by atoms with Crippen molar-refractivity contribution >= 4 is 11.8 Å². The molecule has 4 rings (SSSR count). The minimum absolute atomic E-state index is 0.0740. The first-order valence-corrected chi connectivity index (χ1v) is 8.66. The van der Waals surface area contributed by atoms with Crippen LogP contribution in [0.2, 0.25) is 0 Å². The van der Waals surface area contributed by atoms with Crippen LogP contribution in [0.25, 0.3) is 0 Å². The highest BCUT2D eigenvalue weighted by molar-refractivity contribution is 6.06. The first-order chi connectivity index (χ1) is 11.2. The highest BCUT2D eigenvalue weighted by Gasteiger charge is 2.53. The van der Waals surface area contributed by atoms with Gasteiger partial charge in [-0.1, -0.05) is 27.7 Å². The number of hydrogen-bond acceptors (Lipinski definition) is 5. The van der Waals surface area contributed by atoms with Gasteiger partial charge in [-0.2, -0.15) is 0 Å². The fourth-order valence-electron chi connectivity index (χ4n) is 4.31. The van der Waals surface area contributed by atoms with E-state index in [9.17, 15) is 9.59 Å². The van der Waals surface area contributed by atoms with Gasteiger partial charge >= 0.3 is 5.97 Å². The molecule has 0 N–H and O–H groups in total. The second-order valence-electron chi connectivity index (χ2n) is 8.35. The van der Waals surface area contributed by atoms with Crippen molar-refractivity contribution < 1.29 is 19.1 Å². The Bertz CT molecular complexity index is 757. The molecule has 24 heavy (non-hydrogen) atoms. The summed E-state index contributed by atoms with van der Waals surface area (Å²) in [5, 5.41) is 0. The molecule has 5 heteroatoms. The van der Waals surface area contributed by atoms with Gasteiger partial charge in [0.1, 0.15) is 0 Å². The summed E-state index contributed by atoms with van der Waals surface area (Å²) in [4.78, 5) is 30.4. The fraction of sp³-hybridized carbons (Fsp3) is 0.632. The number of fused-ring (bicyclic) bond motifs is 4. The van der Waals surface area contributed by atoms with E-state index in [2.05, 4.69) is 13.8 Å². The second kappa shape index (κ2) is 4.88. The maximum absolute atomic E-state index is 12.9. The Morgan fingerprint density at radius 1 is 1.12 bits per heavy atom. The number of rotatable bonds is 1. The molecule has 1 unspecified atom stereocenters. The molecule has 1 fully saturated rings. The summed E-state index contributed by atoms with van der Waals surface area (Å²) in [5.41, 5.74) is 2.58. The third kappa shape index (κ3) is 2.07. The number of nitrogens with zero attached hydrogens (tertiary/aromatic N) is 1. The molecule has 3 heterocycles. The van der Waals surface area contributed by atoms with E-state index >= 15 is 0 Å². The van der Waals surface area contributed by atoms with Gasteiger partial charge in [-0.25, -0.2) is 4.79 Å². The molecule has 1 aliphatic carbocycles. The molecule has 1 atom stereocenters. The zero-order valence-electron chi connectivity index (χ0n) is 14.7. The summed E-state index contributed by atoms with van der Waals surface area (Å²) in [7, 11) is 0. The normalized spacial score (nSPS) is 27.5. The van der Waals surface area contributed by atoms with E-state index in [0.29, 0.717) is 37.2 Å². The van der Waals surface area contributed by atoms with E-state index in [1.54, 1.807) is 0 Å². The van der Waals surface area contributed by atoms with Gasteiger partial charge in [0.2, 0.25) is 0 Å². The summed E-state index contributed by atoms with van der Waals surface area (Å²) in [6, 6.07) is 0. The van der Waals surface area contributed by atoms with Crippen LogP contribution in [0.15, 0.2) is 0 Å². The van der Waals surface area contributed by atoms with Crippen molar-refractivity contribution in [1.82, 2.24) is 4.98 Å². The molecule has 2 aliphatic heterocycles. The van der Waals surface area contributed by atoms with E-state index in [1.807, 2.05) is 13.8 Å². The number of esters is 1. The van der Waals surface area contributed by atoms with Crippen LogP contribution in [0.5, 0.6) is 0 Å². The SMILES string of the molecule is CC(C)c1nc2c(c3c1C(=O)OC31CCOC1)C(=O)CC(C)(C)C2. The Morgan fingerprint density at radius 2 is 1.88 bits per heavy atom. The van der Waals surface area contributed by atoms with Gasteiger partial charge in [-0.3, -0.25) is 9.78 Å². The molecule has 0 bridgehead atoms. The molecule has 0 radical (unpaired) electrons. The van der Waals surface area contributed by atoms with E-state index in [0.717, 1.165) is 23.4 Å². The minimum Gasteiger partial charge on any atom is -0.448 e. The lowest BCUT2D eigenvalue weighted by Crippen LogP contribution is -2.34. The number of ketones is 1. The van der Waals surface area contributed by atoms with Crippen LogP contribution >= 0.6 is 0 Å². The number of hydrogen-bond donors (Lipinski definition) is 0. The molecule has 0 amide bonds. The van der Waals surface area contributed by atoms with Crippen molar-refractivity contribution in [2.24, 2.45) is 5.41 Å². The van der Waals surface area contributed by atoms with Crippen molar-refractivity contribution in [3.8, 4) is 0 Å². The smallest absolute Gasteiger partial charge is 0.341 e. The lowest BCUT2D eigenvalue weighted by molar-refractivity contribution is -0.0133. The average molecular weight is 329 g/mol. The zero-order chi connectivity index (χ0) is 17.3. The molecule has 1 aromatic heterocycles. The highest BCUT2D eigenvalue weighted by atomic mass is 16.6. The molecular formula is C19H23NO4. The molecule has 1 aromatic rings. The van der Waals surface area contributed by atoms with Crippen LogP contribution in [-0.2, 0) is 21.5 Å². The second-order valence-corrected chi connectivity index (χ2v) is 8.35. The van der Waals surface area contributed by atoms with Gasteiger partial charge in [0.05, 0.1) is 30.2 Å². The van der Waals surface area contributed by atoms with Crippen molar-refractivity contribution in [3.63, 3.8) is 0 Å². The van der Waals surface area contributed by atoms with E-state index < -0.39 is 5.60 Å². The number of aromatic nitrogens is 1. The molecule has 0 aromatic carbocycles. The summed E-state index contributed by atoms with van der Waals surface area (Å²) < 4.78 is 11.3. The zero-order valence-corrected chi connectivity index (χ0v) is 14.7. The van der Waals surface area contributed by atoms with Gasteiger partial charge in [-0.15, -0.1) is 0 Å². The van der Waals surface area contributed by atoms with Gasteiger partial charge in [0, 0.05) is 24.0 Å². The Morgan fingerprint density at radius 3 is 2.50 bits per heavy atom. The largest absolute Gasteiger partial charge is 0.448 e. The molecule has 3 aliphatic rings. The Hall–Kier alpha value is -1.75. The first kappa shape index (κ1) is 15.8. The Labute approximate surface area is 141 Å². The fourth-order valence-corrected chi connectivity index (χ4v) is 4.31. The molecular weight excluding hydrogens is 306 g/mol. The molecule has 0 saturated carbocycles. The van der Waals surface area contributed by atoms with Crippen molar-refractivity contribution in [1.29, 1.82) is 0 Å². The number of ether oxygens (including phenoxy) is 2. The lowest BCUT2D eigenvalue weighted by atomic mass is 9.71. The monoisotopic (exact) mass is 329 g/mol. The van der Waals surface area contributed by atoms with Crippen LogP contribution in [0.1, 0.15) is 84.1 Å². The predicted molar refractivity (Wildman–Crippen MR) is 87.3 cm³/mol. The number of pyridine rings is 1. The molecule has 1 saturated heterocycles. The highest BCUT2D eigenvalue weighted by Crippen LogP contribution is 2.49. The van der Waals surface area contributed by atoms with Gasteiger partial charge in [0.15, 0.2) is 11.4 Å². The van der Waals surface area contributed by atoms with Gasteiger partial charge < -0.3 is 9.47 Å². The van der Waals surface area contributed by atoms with Gasteiger partial charge in [0.25, 0.3) is 0 Å². The van der Waals surface area contributed by atoms with Gasteiger partial charge in [-0.05, 0) is 17.8 Å². The number of carbonyl (C=O) groups excluding carboxylic acids is 2. The van der Waals surface area contributed by atoms with E-state index in [1.165, 1.54) is 0 Å². The van der Waals surface area contributed by atoms with Crippen LogP contribution < -0.4 is 0 Å². The number of Topliss-reactive ketones (excluding diaryl/α,β-unsaturated/α-hetero) is 1. The molecule has 1 spiro atoms. The first-order valence-electron chi connectivity index (χ1n) is 8.66. The van der Waals surface area contributed by atoms with E-state index in [-0.39, 0.29) is 23.1 Å². The van der Waals surface area contributed by atoms with Crippen LogP contribution in [0.4, 0.5) is 0 Å². The van der Waals surface area contributed by atoms with Crippen LogP contribution in [-0.4, -0.2) is 30.0 Å². The van der Waals surface area contributed by atoms with Crippen molar-refractivity contribution in [2.75, 3.05) is 13.2 Å². The van der Waals surface area contributed by atoms with Crippen LogP contribution in [0.3, 0.4) is 0 Å². The van der Waals surface area contributed by atoms with Crippen molar-refractivity contribution in [2.45, 2.75) is 58.5 Å². The van der Waals surface area contributed by atoms with Crippen molar-refractivity contribution in [3.05, 3.63) is 28.1 Å². The Kier molecular flexibility index (Phi) is 3.21. The van der Waals surface area contributed by atoms with E-state index in [4.69, 9.17) is 14.5 Å². The maximum atomic E-state index is 12.9. The topological polar surface area (TPSA) is 65.5 Å². The minimum atomic E-state index is -0.791. The standard InChI is InChI=1S/C19H23NO4/c1-10(2)16-14-15(19(24-17(14)22)5-6-23-9-19)13-11(20-16)7-18(3,4)8-12(13)21/h10H,5-9H2,1-4H3. The summed E-state index contributed by atoms with van der Waals surface area (Å²) in [6.07, 6.45) is 1.82.